The van der Waals surface area contributed by atoms with Gasteiger partial charge in [0.2, 0.25) is 0 Å². The molecule has 0 N–H and O–H groups in total. The molecule has 0 aromatic carbocycles. The predicted octanol–water partition coefficient (Wildman–Crippen LogP) is 1.68. The van der Waals surface area contributed by atoms with Crippen LogP contribution in [0.15, 0.2) is 23.4 Å². The van der Waals surface area contributed by atoms with Gasteiger partial charge in [0.15, 0.2) is 0 Å². The Kier molecular flexibility index (Phi) is 3.11. The van der Waals surface area contributed by atoms with Crippen molar-refractivity contribution in [2.45, 2.75) is 11.9 Å². The quantitative estimate of drug-likeness (QED) is 0.507. The van der Waals surface area contributed by atoms with Crippen LogP contribution in [0.4, 0.5) is 0 Å². The van der Waals surface area contributed by atoms with Gasteiger partial charge in [0, 0.05) is 6.20 Å². The molecule has 0 radical (unpaired) electrons. The molecule has 0 aliphatic rings. The highest BCUT2D eigenvalue weighted by molar-refractivity contribution is 7.99. The van der Waals surface area contributed by atoms with Crippen molar-refractivity contribution in [1.29, 1.82) is 0 Å². The maximum Gasteiger partial charge on any atom is 0.130 e. The van der Waals surface area contributed by atoms with Gasteiger partial charge in [-0.3, -0.25) is 0 Å². The van der Waals surface area contributed by atoms with E-state index in [-0.39, 0.29) is 0 Å². The Morgan fingerprint density at radius 1 is 1.73 bits per heavy atom. The van der Waals surface area contributed by atoms with Crippen molar-refractivity contribution in [3.63, 3.8) is 0 Å². The summed E-state index contributed by atoms with van der Waals surface area (Å²) >= 11 is 1.47. The standard InChI is InChI=1S/C8H9NOS/c1-7-3-2-4-9-8(7)11-6-5-10/h2-5H,6H2,1H3. The van der Waals surface area contributed by atoms with Gasteiger partial charge < -0.3 is 4.79 Å². The lowest BCUT2D eigenvalue weighted by atomic mass is 10.3. The van der Waals surface area contributed by atoms with Gasteiger partial charge in [-0.2, -0.15) is 0 Å². The summed E-state index contributed by atoms with van der Waals surface area (Å²) in [5.41, 5.74) is 1.12. The van der Waals surface area contributed by atoms with Crippen LogP contribution in [0.5, 0.6) is 0 Å². The smallest absolute Gasteiger partial charge is 0.130 e. The molecule has 1 rings (SSSR count). The number of thioether (sulfide) groups is 1. The molecule has 0 spiro atoms. The molecule has 0 aliphatic carbocycles. The highest BCUT2D eigenvalue weighted by Crippen LogP contribution is 2.17. The minimum absolute atomic E-state index is 0.484. The van der Waals surface area contributed by atoms with Gasteiger partial charge in [-0.1, -0.05) is 17.8 Å². The molecule has 1 heterocycles. The number of aromatic nitrogens is 1. The molecule has 0 saturated heterocycles. The first-order valence-electron chi connectivity index (χ1n) is 3.32. The Morgan fingerprint density at radius 2 is 2.55 bits per heavy atom. The normalized spacial score (nSPS) is 9.55. The number of aldehydes is 1. The van der Waals surface area contributed by atoms with Crippen molar-refractivity contribution in [1.82, 2.24) is 4.98 Å². The molecule has 1 aromatic heterocycles. The number of hydrogen-bond acceptors (Lipinski definition) is 3. The van der Waals surface area contributed by atoms with Crippen molar-refractivity contribution in [3.8, 4) is 0 Å². The lowest BCUT2D eigenvalue weighted by Crippen LogP contribution is -1.86. The first-order valence-corrected chi connectivity index (χ1v) is 4.31. The van der Waals surface area contributed by atoms with Gasteiger partial charge in [0.1, 0.15) is 6.29 Å². The van der Waals surface area contributed by atoms with Crippen molar-refractivity contribution in [2.24, 2.45) is 0 Å². The zero-order valence-electron chi connectivity index (χ0n) is 6.28. The summed E-state index contributed by atoms with van der Waals surface area (Å²) in [6.45, 7) is 1.99. The average Bonchev–Trinajstić information content (AvgIpc) is 2.03. The van der Waals surface area contributed by atoms with Crippen molar-refractivity contribution >= 4 is 18.0 Å². The van der Waals surface area contributed by atoms with Crippen LogP contribution in [0.3, 0.4) is 0 Å². The van der Waals surface area contributed by atoms with E-state index in [4.69, 9.17) is 0 Å². The molecule has 1 aromatic rings. The van der Waals surface area contributed by atoms with E-state index in [0.717, 1.165) is 16.9 Å². The van der Waals surface area contributed by atoms with E-state index in [1.165, 1.54) is 11.8 Å². The Bertz CT molecular complexity index is 250. The van der Waals surface area contributed by atoms with Crippen LogP contribution in [-0.4, -0.2) is 17.0 Å². The summed E-state index contributed by atoms with van der Waals surface area (Å²) in [7, 11) is 0. The lowest BCUT2D eigenvalue weighted by Gasteiger charge is -1.98. The van der Waals surface area contributed by atoms with Gasteiger partial charge in [0.25, 0.3) is 0 Å². The second-order valence-corrected chi connectivity index (χ2v) is 3.11. The van der Waals surface area contributed by atoms with Gasteiger partial charge in [0.05, 0.1) is 10.8 Å². The summed E-state index contributed by atoms with van der Waals surface area (Å²) in [6.07, 6.45) is 2.62. The summed E-state index contributed by atoms with van der Waals surface area (Å²) in [6, 6.07) is 3.88. The Morgan fingerprint density at radius 3 is 3.18 bits per heavy atom. The van der Waals surface area contributed by atoms with Crippen molar-refractivity contribution in [3.05, 3.63) is 23.9 Å². The number of hydrogen-bond donors (Lipinski definition) is 0. The van der Waals surface area contributed by atoms with Crippen LogP contribution in [0.2, 0.25) is 0 Å². The van der Waals surface area contributed by atoms with E-state index in [0.29, 0.717) is 5.75 Å². The van der Waals surface area contributed by atoms with E-state index in [9.17, 15) is 4.79 Å². The van der Waals surface area contributed by atoms with Crippen LogP contribution in [0, 0.1) is 6.92 Å². The minimum Gasteiger partial charge on any atom is -0.302 e. The number of carbonyl (C=O) groups is 1. The first kappa shape index (κ1) is 8.27. The van der Waals surface area contributed by atoms with Crippen LogP contribution in [0.1, 0.15) is 5.56 Å². The maximum atomic E-state index is 10.0. The highest BCUT2D eigenvalue weighted by Gasteiger charge is 1.96. The molecule has 0 atom stereocenters. The molecule has 0 unspecified atom stereocenters. The maximum absolute atomic E-state index is 10.0. The zero-order valence-corrected chi connectivity index (χ0v) is 7.10. The van der Waals surface area contributed by atoms with Crippen LogP contribution in [0.25, 0.3) is 0 Å². The first-order chi connectivity index (χ1) is 5.34. The van der Waals surface area contributed by atoms with Crippen LogP contribution >= 0.6 is 11.8 Å². The molecule has 2 nitrogen and oxygen atoms in total. The largest absolute Gasteiger partial charge is 0.302 e. The average molecular weight is 167 g/mol. The number of nitrogens with zero attached hydrogens (tertiary/aromatic N) is 1. The van der Waals surface area contributed by atoms with Crippen molar-refractivity contribution < 1.29 is 4.79 Å². The molecular formula is C8H9NOS. The number of carbonyl (C=O) groups excluding carboxylic acids is 1. The van der Waals surface area contributed by atoms with Crippen molar-refractivity contribution in [2.75, 3.05) is 5.75 Å². The zero-order chi connectivity index (χ0) is 8.10. The Hall–Kier alpha value is -0.830. The fraction of sp³-hybridized carbons (Fsp3) is 0.250. The molecular weight excluding hydrogens is 158 g/mol. The van der Waals surface area contributed by atoms with E-state index in [2.05, 4.69) is 4.98 Å². The Balaban J connectivity index is 2.69. The topological polar surface area (TPSA) is 30.0 Å². The van der Waals surface area contributed by atoms with E-state index in [1.807, 2.05) is 19.1 Å². The Labute approximate surface area is 70.0 Å². The van der Waals surface area contributed by atoms with E-state index < -0.39 is 0 Å². The summed E-state index contributed by atoms with van der Waals surface area (Å²) < 4.78 is 0. The van der Waals surface area contributed by atoms with Gasteiger partial charge in [-0.05, 0) is 18.6 Å². The lowest BCUT2D eigenvalue weighted by molar-refractivity contribution is -0.105. The highest BCUT2D eigenvalue weighted by atomic mass is 32.2. The molecule has 0 saturated carbocycles. The van der Waals surface area contributed by atoms with E-state index >= 15 is 0 Å². The minimum atomic E-state index is 0.484. The molecule has 0 fully saturated rings. The molecule has 11 heavy (non-hydrogen) atoms. The number of pyridine rings is 1. The SMILES string of the molecule is Cc1cccnc1SCC=O. The summed E-state index contributed by atoms with van der Waals surface area (Å²) in [5, 5.41) is 0.944. The third kappa shape index (κ3) is 2.35. The third-order valence-corrected chi connectivity index (χ3v) is 2.25. The van der Waals surface area contributed by atoms with Gasteiger partial charge in [-0.15, -0.1) is 0 Å². The number of rotatable bonds is 3. The molecule has 58 valence electrons. The summed E-state index contributed by atoms with van der Waals surface area (Å²) in [5.74, 6) is 0.484. The second kappa shape index (κ2) is 4.13. The van der Waals surface area contributed by atoms with E-state index in [1.54, 1.807) is 6.20 Å². The molecule has 0 aliphatic heterocycles. The van der Waals surface area contributed by atoms with Gasteiger partial charge in [-0.25, -0.2) is 4.98 Å². The molecule has 0 bridgehead atoms. The number of aryl methyl sites for hydroxylation is 1. The molecule has 3 heteroatoms. The monoisotopic (exact) mass is 167 g/mol. The third-order valence-electron chi connectivity index (χ3n) is 1.25. The summed E-state index contributed by atoms with van der Waals surface area (Å²) in [4.78, 5) is 14.2. The fourth-order valence-electron chi connectivity index (χ4n) is 0.735. The molecule has 0 amide bonds. The predicted molar refractivity (Wildman–Crippen MR) is 45.8 cm³/mol. The fourth-order valence-corrected chi connectivity index (χ4v) is 1.39. The van der Waals surface area contributed by atoms with Crippen LogP contribution in [-0.2, 0) is 4.79 Å². The van der Waals surface area contributed by atoms with Crippen LogP contribution < -0.4 is 0 Å². The van der Waals surface area contributed by atoms with Gasteiger partial charge >= 0.3 is 0 Å². The second-order valence-electron chi connectivity index (χ2n) is 2.10.